The first-order valence-electron chi connectivity index (χ1n) is 3.94. The Kier molecular flexibility index (Phi) is 3.55. The molecule has 0 aromatic rings. The Hall–Kier alpha value is -0.740. The normalized spacial score (nSPS) is 16.7. The second kappa shape index (κ2) is 3.78. The molecule has 4 N–H and O–H groups in total. The fourth-order valence-corrected chi connectivity index (χ4v) is 1.03. The van der Waals surface area contributed by atoms with Crippen LogP contribution < -0.4 is 11.5 Å². The third-order valence-corrected chi connectivity index (χ3v) is 2.21. The summed E-state index contributed by atoms with van der Waals surface area (Å²) >= 11 is 0. The zero-order valence-corrected chi connectivity index (χ0v) is 7.54. The van der Waals surface area contributed by atoms with Crippen molar-refractivity contribution in [3.63, 3.8) is 0 Å². The predicted molar refractivity (Wildman–Crippen MR) is 46.2 cm³/mol. The van der Waals surface area contributed by atoms with Crippen LogP contribution in [0.1, 0.15) is 26.7 Å². The first kappa shape index (κ1) is 11.3. The average Bonchev–Trinajstić information content (AvgIpc) is 2.04. The lowest BCUT2D eigenvalue weighted by Gasteiger charge is -2.34. The molecule has 0 fully saturated rings. The number of rotatable bonds is 5. The van der Waals surface area contributed by atoms with Crippen LogP contribution in [-0.2, 0) is 9.59 Å². The van der Waals surface area contributed by atoms with Gasteiger partial charge in [-0.2, -0.15) is 0 Å². The molecule has 0 radical (unpaired) electrons. The number of aldehydes is 2. The van der Waals surface area contributed by atoms with Gasteiger partial charge >= 0.3 is 0 Å². The molecule has 0 heterocycles. The lowest BCUT2D eigenvalue weighted by Crippen LogP contribution is -2.63. The van der Waals surface area contributed by atoms with Crippen molar-refractivity contribution in [2.75, 3.05) is 0 Å². The Morgan fingerprint density at radius 1 is 1.25 bits per heavy atom. The predicted octanol–water partition coefficient (Wildman–Crippen LogP) is -0.196. The number of carbonyl (C=O) groups excluding carboxylic acids is 2. The van der Waals surface area contributed by atoms with Crippen molar-refractivity contribution in [1.29, 1.82) is 0 Å². The fourth-order valence-electron chi connectivity index (χ4n) is 1.03. The van der Waals surface area contributed by atoms with Gasteiger partial charge in [0.15, 0.2) is 6.29 Å². The van der Waals surface area contributed by atoms with E-state index in [4.69, 9.17) is 11.5 Å². The van der Waals surface area contributed by atoms with Crippen LogP contribution in [0.5, 0.6) is 0 Å². The SMILES string of the molecule is CCCC(C)(C=O)C(N)(N)C=O. The maximum Gasteiger partial charge on any atom is 0.155 e. The smallest absolute Gasteiger partial charge is 0.155 e. The highest BCUT2D eigenvalue weighted by Crippen LogP contribution is 2.27. The molecule has 0 aliphatic carbocycles. The first-order chi connectivity index (χ1) is 5.43. The van der Waals surface area contributed by atoms with Crippen LogP contribution in [0.25, 0.3) is 0 Å². The van der Waals surface area contributed by atoms with E-state index in [2.05, 4.69) is 0 Å². The summed E-state index contributed by atoms with van der Waals surface area (Å²) in [5.41, 5.74) is 8.43. The van der Waals surface area contributed by atoms with E-state index in [-0.39, 0.29) is 0 Å². The summed E-state index contributed by atoms with van der Waals surface area (Å²) in [6, 6.07) is 0. The topological polar surface area (TPSA) is 86.2 Å². The lowest BCUT2D eigenvalue weighted by molar-refractivity contribution is -0.126. The van der Waals surface area contributed by atoms with Crippen molar-refractivity contribution in [1.82, 2.24) is 0 Å². The van der Waals surface area contributed by atoms with Gasteiger partial charge in [0.2, 0.25) is 0 Å². The summed E-state index contributed by atoms with van der Waals surface area (Å²) in [5, 5.41) is 0. The molecule has 0 bridgehead atoms. The van der Waals surface area contributed by atoms with Gasteiger partial charge in [-0.3, -0.25) is 4.79 Å². The molecule has 1 atom stereocenters. The zero-order valence-electron chi connectivity index (χ0n) is 7.54. The molecular formula is C8H16N2O2. The molecule has 1 unspecified atom stereocenters. The highest BCUT2D eigenvalue weighted by molar-refractivity contribution is 5.75. The van der Waals surface area contributed by atoms with Crippen LogP contribution in [0.4, 0.5) is 0 Å². The molecule has 0 aromatic carbocycles. The van der Waals surface area contributed by atoms with E-state index in [1.807, 2.05) is 6.92 Å². The molecule has 4 heteroatoms. The number of hydrogen-bond donors (Lipinski definition) is 2. The summed E-state index contributed by atoms with van der Waals surface area (Å²) in [6.45, 7) is 3.50. The van der Waals surface area contributed by atoms with E-state index in [1.165, 1.54) is 0 Å². The summed E-state index contributed by atoms with van der Waals surface area (Å²) in [5.74, 6) is 0. The van der Waals surface area contributed by atoms with Crippen LogP contribution in [0.15, 0.2) is 0 Å². The van der Waals surface area contributed by atoms with Crippen LogP contribution in [-0.4, -0.2) is 18.2 Å². The molecule has 70 valence electrons. The molecule has 0 aliphatic rings. The minimum Gasteiger partial charge on any atom is -0.307 e. The molecule has 0 aliphatic heterocycles. The summed E-state index contributed by atoms with van der Waals surface area (Å²) in [7, 11) is 0. The van der Waals surface area contributed by atoms with Crippen LogP contribution in [0, 0.1) is 5.41 Å². The average molecular weight is 172 g/mol. The zero-order chi connectivity index (χ0) is 9.83. The number of hydrogen-bond acceptors (Lipinski definition) is 4. The maximum atomic E-state index is 10.7. The van der Waals surface area contributed by atoms with E-state index in [0.717, 1.165) is 6.42 Å². The number of nitrogens with two attached hydrogens (primary N) is 2. The molecule has 4 nitrogen and oxygen atoms in total. The van der Waals surface area contributed by atoms with Gasteiger partial charge in [0.25, 0.3) is 0 Å². The van der Waals surface area contributed by atoms with Crippen LogP contribution in [0.2, 0.25) is 0 Å². The van der Waals surface area contributed by atoms with Crippen molar-refractivity contribution < 1.29 is 9.59 Å². The van der Waals surface area contributed by atoms with Gasteiger partial charge in [-0.15, -0.1) is 0 Å². The molecular weight excluding hydrogens is 156 g/mol. The molecule has 0 saturated heterocycles. The fraction of sp³-hybridized carbons (Fsp3) is 0.750. The first-order valence-corrected chi connectivity index (χ1v) is 3.94. The Bertz CT molecular complexity index is 180. The van der Waals surface area contributed by atoms with Gasteiger partial charge in [-0.25, -0.2) is 0 Å². The van der Waals surface area contributed by atoms with E-state index in [1.54, 1.807) is 6.92 Å². The van der Waals surface area contributed by atoms with Crippen molar-refractivity contribution in [2.24, 2.45) is 16.9 Å². The van der Waals surface area contributed by atoms with E-state index >= 15 is 0 Å². The van der Waals surface area contributed by atoms with Crippen molar-refractivity contribution in [2.45, 2.75) is 32.4 Å². The van der Waals surface area contributed by atoms with Gasteiger partial charge in [-0.05, 0) is 13.3 Å². The Morgan fingerprint density at radius 3 is 2.00 bits per heavy atom. The Labute approximate surface area is 72.3 Å². The third-order valence-electron chi connectivity index (χ3n) is 2.21. The molecule has 0 amide bonds. The minimum atomic E-state index is -1.55. The van der Waals surface area contributed by atoms with Crippen LogP contribution >= 0.6 is 0 Å². The van der Waals surface area contributed by atoms with Gasteiger partial charge < -0.3 is 16.3 Å². The summed E-state index contributed by atoms with van der Waals surface area (Å²) in [6.07, 6.45) is 2.36. The Morgan fingerprint density at radius 2 is 1.75 bits per heavy atom. The molecule has 12 heavy (non-hydrogen) atoms. The minimum absolute atomic E-state index is 0.428. The highest BCUT2D eigenvalue weighted by atomic mass is 16.1. The van der Waals surface area contributed by atoms with Gasteiger partial charge in [0, 0.05) is 0 Å². The van der Waals surface area contributed by atoms with Crippen molar-refractivity contribution in [3.05, 3.63) is 0 Å². The molecule has 0 aromatic heterocycles. The number of carbonyl (C=O) groups is 2. The third kappa shape index (κ3) is 1.89. The Balaban J connectivity index is 4.72. The van der Waals surface area contributed by atoms with Crippen molar-refractivity contribution >= 4 is 12.6 Å². The lowest BCUT2D eigenvalue weighted by atomic mass is 9.76. The molecule has 0 spiro atoms. The molecule has 0 rings (SSSR count). The van der Waals surface area contributed by atoms with E-state index in [9.17, 15) is 9.59 Å². The monoisotopic (exact) mass is 172 g/mol. The quantitative estimate of drug-likeness (QED) is 0.444. The standard InChI is InChI=1S/C8H16N2O2/c1-3-4-7(2,5-11)8(9,10)6-12/h5-6H,3-4,9-10H2,1-2H3. The van der Waals surface area contributed by atoms with E-state index in [0.29, 0.717) is 19.0 Å². The van der Waals surface area contributed by atoms with Crippen LogP contribution in [0.3, 0.4) is 0 Å². The van der Waals surface area contributed by atoms with Gasteiger partial charge in [0.1, 0.15) is 11.9 Å². The maximum absolute atomic E-state index is 10.7. The summed E-state index contributed by atoms with van der Waals surface area (Å²) < 4.78 is 0. The van der Waals surface area contributed by atoms with Gasteiger partial charge in [0.05, 0.1) is 5.41 Å². The summed E-state index contributed by atoms with van der Waals surface area (Å²) in [4.78, 5) is 21.2. The van der Waals surface area contributed by atoms with Crippen molar-refractivity contribution in [3.8, 4) is 0 Å². The second-order valence-electron chi connectivity index (χ2n) is 3.34. The second-order valence-corrected chi connectivity index (χ2v) is 3.34. The van der Waals surface area contributed by atoms with Gasteiger partial charge in [-0.1, -0.05) is 13.3 Å². The molecule has 0 saturated carbocycles. The highest BCUT2D eigenvalue weighted by Gasteiger charge is 2.41. The largest absolute Gasteiger partial charge is 0.307 e. The van der Waals surface area contributed by atoms with E-state index < -0.39 is 11.1 Å².